The Morgan fingerprint density at radius 3 is 2.29 bits per heavy atom. The summed E-state index contributed by atoms with van der Waals surface area (Å²) in [6.45, 7) is 4.45. The van der Waals surface area contributed by atoms with Crippen molar-refractivity contribution in [1.82, 2.24) is 9.80 Å². The number of hydrogen-bond donors (Lipinski definition) is 0. The number of aryl methyl sites for hydroxylation is 1. The number of amides is 2. The van der Waals surface area contributed by atoms with Gasteiger partial charge < -0.3 is 9.80 Å². The van der Waals surface area contributed by atoms with Crippen molar-refractivity contribution in [3.63, 3.8) is 0 Å². The monoisotopic (exact) mass is 360 g/mol. The van der Waals surface area contributed by atoms with Crippen LogP contribution >= 0.6 is 23.1 Å². The summed E-state index contributed by atoms with van der Waals surface area (Å²) in [5.74, 6) is 0.670. The van der Waals surface area contributed by atoms with Crippen LogP contribution in [0.25, 0.3) is 0 Å². The van der Waals surface area contributed by atoms with E-state index in [0.717, 1.165) is 14.6 Å². The highest BCUT2D eigenvalue weighted by Gasteiger charge is 2.25. The zero-order chi connectivity index (χ0) is 16.9. The SMILES string of the molecule is Cc1ccc(C(=O)N2CCN(C(=O)CSc3ccccc3)CC2)s1. The molecule has 126 valence electrons. The number of rotatable bonds is 4. The Bertz CT molecular complexity index is 707. The summed E-state index contributed by atoms with van der Waals surface area (Å²) in [7, 11) is 0. The van der Waals surface area contributed by atoms with Crippen LogP contribution in [-0.2, 0) is 4.79 Å². The fraction of sp³-hybridized carbons (Fsp3) is 0.333. The zero-order valence-corrected chi connectivity index (χ0v) is 15.2. The number of thiophene rings is 1. The summed E-state index contributed by atoms with van der Waals surface area (Å²) in [5.41, 5.74) is 0. The van der Waals surface area contributed by atoms with Crippen molar-refractivity contribution in [3.8, 4) is 0 Å². The van der Waals surface area contributed by atoms with Gasteiger partial charge in [0.25, 0.3) is 5.91 Å². The third-order valence-corrected chi connectivity index (χ3v) is 5.96. The lowest BCUT2D eigenvalue weighted by molar-refractivity contribution is -0.129. The van der Waals surface area contributed by atoms with Crippen molar-refractivity contribution in [2.24, 2.45) is 0 Å². The first-order chi connectivity index (χ1) is 11.6. The largest absolute Gasteiger partial charge is 0.338 e. The Morgan fingerprint density at radius 2 is 1.67 bits per heavy atom. The topological polar surface area (TPSA) is 40.6 Å². The Morgan fingerprint density at radius 1 is 1.00 bits per heavy atom. The van der Waals surface area contributed by atoms with Crippen molar-refractivity contribution in [2.75, 3.05) is 31.9 Å². The van der Waals surface area contributed by atoms with Gasteiger partial charge in [-0.25, -0.2) is 0 Å². The van der Waals surface area contributed by atoms with E-state index >= 15 is 0 Å². The van der Waals surface area contributed by atoms with E-state index in [1.165, 1.54) is 11.3 Å². The number of carbonyl (C=O) groups excluding carboxylic acids is 2. The van der Waals surface area contributed by atoms with Crippen molar-refractivity contribution in [2.45, 2.75) is 11.8 Å². The third-order valence-electron chi connectivity index (χ3n) is 3.98. The highest BCUT2D eigenvalue weighted by molar-refractivity contribution is 8.00. The maximum Gasteiger partial charge on any atom is 0.264 e. The van der Waals surface area contributed by atoms with E-state index in [4.69, 9.17) is 0 Å². The van der Waals surface area contributed by atoms with Crippen molar-refractivity contribution >= 4 is 34.9 Å². The molecule has 1 fully saturated rings. The Kier molecular flexibility index (Phi) is 5.58. The lowest BCUT2D eigenvalue weighted by Crippen LogP contribution is -2.51. The molecule has 0 bridgehead atoms. The van der Waals surface area contributed by atoms with Crippen LogP contribution in [0.1, 0.15) is 14.5 Å². The molecule has 2 heterocycles. The van der Waals surface area contributed by atoms with E-state index in [9.17, 15) is 9.59 Å². The minimum absolute atomic E-state index is 0.0823. The molecule has 0 N–H and O–H groups in total. The van der Waals surface area contributed by atoms with Crippen LogP contribution in [0.5, 0.6) is 0 Å². The molecule has 4 nitrogen and oxygen atoms in total. The maximum atomic E-state index is 12.4. The van der Waals surface area contributed by atoms with E-state index in [1.54, 1.807) is 11.8 Å². The number of carbonyl (C=O) groups is 2. The van der Waals surface area contributed by atoms with Gasteiger partial charge in [-0.15, -0.1) is 23.1 Å². The Hall–Kier alpha value is -1.79. The summed E-state index contributed by atoms with van der Waals surface area (Å²) in [4.78, 5) is 31.5. The molecule has 2 aromatic rings. The molecule has 1 aromatic heterocycles. The van der Waals surface area contributed by atoms with Gasteiger partial charge in [0.15, 0.2) is 0 Å². The van der Waals surface area contributed by atoms with Crippen molar-refractivity contribution < 1.29 is 9.59 Å². The van der Waals surface area contributed by atoms with Gasteiger partial charge in [0.2, 0.25) is 5.91 Å². The Balaban J connectivity index is 1.47. The summed E-state index contributed by atoms with van der Waals surface area (Å²) < 4.78 is 0. The first-order valence-electron chi connectivity index (χ1n) is 7.95. The van der Waals surface area contributed by atoms with E-state index < -0.39 is 0 Å². The molecule has 6 heteroatoms. The number of thioether (sulfide) groups is 1. The second-order valence-corrected chi connectivity index (χ2v) is 8.02. The van der Waals surface area contributed by atoms with Gasteiger partial charge in [0.1, 0.15) is 0 Å². The molecule has 0 unspecified atom stereocenters. The van der Waals surface area contributed by atoms with E-state index in [0.29, 0.717) is 31.9 Å². The van der Waals surface area contributed by atoms with E-state index in [1.807, 2.05) is 59.2 Å². The molecule has 1 aliphatic heterocycles. The first-order valence-corrected chi connectivity index (χ1v) is 9.75. The maximum absolute atomic E-state index is 12.4. The summed E-state index contributed by atoms with van der Waals surface area (Å²) in [5, 5.41) is 0. The fourth-order valence-corrected chi connectivity index (χ4v) is 4.28. The molecule has 3 rings (SSSR count). The van der Waals surface area contributed by atoms with Crippen LogP contribution in [0.2, 0.25) is 0 Å². The molecular weight excluding hydrogens is 340 g/mol. The highest BCUT2D eigenvalue weighted by Crippen LogP contribution is 2.20. The number of nitrogens with zero attached hydrogens (tertiary/aromatic N) is 2. The molecular formula is C18H20N2O2S2. The van der Waals surface area contributed by atoms with Crippen LogP contribution in [0.4, 0.5) is 0 Å². The lowest BCUT2D eigenvalue weighted by atomic mass is 10.3. The van der Waals surface area contributed by atoms with Gasteiger partial charge >= 0.3 is 0 Å². The molecule has 1 aromatic carbocycles. The smallest absolute Gasteiger partial charge is 0.264 e. The average Bonchev–Trinajstić information content (AvgIpc) is 3.06. The molecule has 24 heavy (non-hydrogen) atoms. The molecule has 2 amide bonds. The third kappa shape index (κ3) is 4.19. The molecule has 0 radical (unpaired) electrons. The molecule has 1 saturated heterocycles. The standard InChI is InChI=1S/C18H20N2O2S2/c1-14-7-8-16(24-14)18(22)20-11-9-19(10-12-20)17(21)13-23-15-5-3-2-4-6-15/h2-8H,9-13H2,1H3. The van der Waals surface area contributed by atoms with E-state index in [2.05, 4.69) is 0 Å². The fourth-order valence-electron chi connectivity index (χ4n) is 2.62. The Labute approximate surface area is 150 Å². The lowest BCUT2D eigenvalue weighted by Gasteiger charge is -2.34. The highest BCUT2D eigenvalue weighted by atomic mass is 32.2. The minimum Gasteiger partial charge on any atom is -0.338 e. The van der Waals surface area contributed by atoms with Gasteiger partial charge in [-0.3, -0.25) is 9.59 Å². The van der Waals surface area contributed by atoms with Crippen LogP contribution in [0, 0.1) is 6.92 Å². The summed E-state index contributed by atoms with van der Waals surface area (Å²) in [6, 6.07) is 13.8. The molecule has 1 aliphatic rings. The normalized spacial score (nSPS) is 14.7. The van der Waals surface area contributed by atoms with Gasteiger partial charge in [-0.1, -0.05) is 18.2 Å². The van der Waals surface area contributed by atoms with Gasteiger partial charge in [0.05, 0.1) is 10.6 Å². The van der Waals surface area contributed by atoms with Gasteiger partial charge in [0, 0.05) is 36.0 Å². The van der Waals surface area contributed by atoms with Crippen molar-refractivity contribution in [3.05, 3.63) is 52.2 Å². The van der Waals surface area contributed by atoms with Crippen LogP contribution in [0.15, 0.2) is 47.4 Å². The predicted octanol–water partition coefficient (Wildman–Crippen LogP) is 3.13. The molecule has 0 spiro atoms. The van der Waals surface area contributed by atoms with Gasteiger partial charge in [-0.2, -0.15) is 0 Å². The second kappa shape index (κ2) is 7.85. The van der Waals surface area contributed by atoms with Gasteiger partial charge in [-0.05, 0) is 31.2 Å². The van der Waals surface area contributed by atoms with Crippen LogP contribution < -0.4 is 0 Å². The number of hydrogen-bond acceptors (Lipinski definition) is 4. The summed E-state index contributed by atoms with van der Waals surface area (Å²) in [6.07, 6.45) is 0. The average molecular weight is 361 g/mol. The first kappa shape index (κ1) is 17.0. The second-order valence-electron chi connectivity index (χ2n) is 5.69. The quantitative estimate of drug-likeness (QED) is 0.787. The van der Waals surface area contributed by atoms with Crippen molar-refractivity contribution in [1.29, 1.82) is 0 Å². The molecule has 0 saturated carbocycles. The number of benzene rings is 1. The zero-order valence-electron chi connectivity index (χ0n) is 13.6. The summed E-state index contributed by atoms with van der Waals surface area (Å²) >= 11 is 3.09. The molecule has 0 aliphatic carbocycles. The van der Waals surface area contributed by atoms with Crippen LogP contribution in [0.3, 0.4) is 0 Å². The number of piperazine rings is 1. The minimum atomic E-state index is 0.0823. The molecule has 0 atom stereocenters. The van der Waals surface area contributed by atoms with Crippen LogP contribution in [-0.4, -0.2) is 53.5 Å². The van der Waals surface area contributed by atoms with E-state index in [-0.39, 0.29) is 11.8 Å². The predicted molar refractivity (Wildman–Crippen MR) is 98.7 cm³/mol.